The van der Waals surface area contributed by atoms with Crippen LogP contribution in [0.4, 0.5) is 5.13 Å². The summed E-state index contributed by atoms with van der Waals surface area (Å²) in [6.07, 6.45) is 4.44. The number of furan rings is 2. The fourth-order valence-corrected chi connectivity index (χ4v) is 3.20. The molecular formula is C18H11N3O4S. The van der Waals surface area contributed by atoms with Gasteiger partial charge in [-0.3, -0.25) is 19.9 Å². The predicted molar refractivity (Wildman–Crippen MR) is 94.1 cm³/mol. The Balaban J connectivity index is 1.71. The number of carbonyl (C=O) groups is 2. The van der Waals surface area contributed by atoms with Gasteiger partial charge in [0.25, 0.3) is 5.91 Å². The lowest BCUT2D eigenvalue weighted by Crippen LogP contribution is -2.10. The van der Waals surface area contributed by atoms with Gasteiger partial charge in [-0.15, -0.1) is 0 Å². The highest BCUT2D eigenvalue weighted by molar-refractivity contribution is 7.18. The van der Waals surface area contributed by atoms with E-state index in [1.165, 1.54) is 18.6 Å². The van der Waals surface area contributed by atoms with Gasteiger partial charge >= 0.3 is 0 Å². The van der Waals surface area contributed by atoms with Gasteiger partial charge in [0.1, 0.15) is 16.3 Å². The molecule has 0 aliphatic rings. The first-order valence-corrected chi connectivity index (χ1v) is 8.39. The molecule has 4 aromatic rings. The van der Waals surface area contributed by atoms with Crippen LogP contribution < -0.4 is 5.32 Å². The first-order chi connectivity index (χ1) is 12.7. The van der Waals surface area contributed by atoms with Crippen LogP contribution in [0.1, 0.15) is 25.9 Å². The second-order valence-corrected chi connectivity index (χ2v) is 6.15. The van der Waals surface area contributed by atoms with Crippen molar-refractivity contribution in [2.45, 2.75) is 0 Å². The zero-order valence-corrected chi connectivity index (χ0v) is 14.0. The Morgan fingerprint density at radius 2 is 1.85 bits per heavy atom. The van der Waals surface area contributed by atoms with E-state index in [2.05, 4.69) is 15.3 Å². The van der Waals surface area contributed by atoms with Crippen LogP contribution in [0, 0.1) is 0 Å². The Bertz CT molecular complexity index is 1040. The minimum absolute atomic E-state index is 0.150. The molecule has 4 rings (SSSR count). The topological polar surface area (TPSA) is 98.2 Å². The molecule has 4 aromatic heterocycles. The molecule has 0 aliphatic carbocycles. The molecule has 0 spiro atoms. The van der Waals surface area contributed by atoms with Gasteiger partial charge in [-0.05, 0) is 36.4 Å². The second-order valence-electron chi connectivity index (χ2n) is 5.15. The number of nitrogens with one attached hydrogen (secondary N) is 1. The maximum Gasteiger partial charge on any atom is 0.293 e. The van der Waals surface area contributed by atoms with E-state index >= 15 is 0 Å². The third kappa shape index (κ3) is 3.05. The third-order valence-corrected chi connectivity index (χ3v) is 4.42. The van der Waals surface area contributed by atoms with E-state index < -0.39 is 5.91 Å². The zero-order valence-electron chi connectivity index (χ0n) is 13.2. The Hall–Kier alpha value is -3.52. The molecule has 1 N–H and O–H groups in total. The van der Waals surface area contributed by atoms with Crippen molar-refractivity contribution >= 4 is 28.2 Å². The van der Waals surface area contributed by atoms with Gasteiger partial charge in [-0.25, -0.2) is 4.98 Å². The summed E-state index contributed by atoms with van der Waals surface area (Å²) in [5.74, 6) is -0.170. The summed E-state index contributed by atoms with van der Waals surface area (Å²) in [6.45, 7) is 0. The van der Waals surface area contributed by atoms with Gasteiger partial charge in [0, 0.05) is 6.20 Å². The lowest BCUT2D eigenvalue weighted by molar-refractivity contribution is 0.0995. The molecule has 8 heteroatoms. The van der Waals surface area contributed by atoms with E-state index in [-0.39, 0.29) is 22.4 Å². The monoisotopic (exact) mass is 365 g/mol. The molecule has 0 atom stereocenters. The number of anilines is 1. The van der Waals surface area contributed by atoms with Gasteiger partial charge < -0.3 is 8.83 Å². The van der Waals surface area contributed by atoms with Crippen LogP contribution in [0.5, 0.6) is 0 Å². The van der Waals surface area contributed by atoms with Crippen molar-refractivity contribution in [1.82, 2.24) is 9.97 Å². The summed E-state index contributed by atoms with van der Waals surface area (Å²) >= 11 is 1.05. The fraction of sp³-hybridized carbons (Fsp3) is 0. The normalized spacial score (nSPS) is 10.6. The van der Waals surface area contributed by atoms with Gasteiger partial charge in [-0.1, -0.05) is 17.4 Å². The SMILES string of the molecule is O=C(Nc1nc(-c2ccco2)c(C(=O)c2ccccn2)s1)c1ccco1. The predicted octanol–water partition coefficient (Wildman–Crippen LogP) is 3.87. The number of amides is 1. The number of hydrogen-bond donors (Lipinski definition) is 1. The van der Waals surface area contributed by atoms with Gasteiger partial charge in [0.2, 0.25) is 5.78 Å². The molecule has 128 valence electrons. The van der Waals surface area contributed by atoms with Crippen LogP contribution in [-0.2, 0) is 0 Å². The zero-order chi connectivity index (χ0) is 17.9. The van der Waals surface area contributed by atoms with Crippen LogP contribution in [0.15, 0.2) is 70.0 Å². The Labute approximate surface area is 151 Å². The van der Waals surface area contributed by atoms with Crippen molar-refractivity contribution in [1.29, 1.82) is 0 Å². The summed E-state index contributed by atoms with van der Waals surface area (Å²) in [5, 5.41) is 2.90. The molecular weight excluding hydrogens is 354 g/mol. The minimum Gasteiger partial charge on any atom is -0.463 e. The summed E-state index contributed by atoms with van der Waals surface area (Å²) in [5.41, 5.74) is 0.637. The van der Waals surface area contributed by atoms with E-state index in [9.17, 15) is 9.59 Å². The lowest BCUT2D eigenvalue weighted by atomic mass is 10.1. The molecule has 4 heterocycles. The van der Waals surface area contributed by atoms with Crippen molar-refractivity contribution in [3.63, 3.8) is 0 Å². The molecule has 0 unspecified atom stereocenters. The standard InChI is InChI=1S/C18H11N3O4S/c22-15(11-5-1-2-8-19-11)16-14(12-6-3-9-24-12)20-18(26-16)21-17(23)13-7-4-10-25-13/h1-10H,(H,20,21,23). The largest absolute Gasteiger partial charge is 0.463 e. The first kappa shape index (κ1) is 16.0. The Morgan fingerprint density at radius 3 is 2.54 bits per heavy atom. The fourth-order valence-electron chi connectivity index (χ4n) is 2.29. The summed E-state index contributed by atoms with van der Waals surface area (Å²) in [6, 6.07) is 11.6. The van der Waals surface area contributed by atoms with Crippen molar-refractivity contribution in [2.24, 2.45) is 0 Å². The molecule has 26 heavy (non-hydrogen) atoms. The molecule has 0 aliphatic heterocycles. The smallest absolute Gasteiger partial charge is 0.293 e. The number of carbonyl (C=O) groups excluding carboxylic acids is 2. The Kier molecular flexibility index (Phi) is 4.16. The second kappa shape index (κ2) is 6.77. The summed E-state index contributed by atoms with van der Waals surface area (Å²) in [7, 11) is 0. The third-order valence-electron chi connectivity index (χ3n) is 3.45. The maximum absolute atomic E-state index is 12.8. The minimum atomic E-state index is -0.452. The van der Waals surface area contributed by atoms with Gasteiger partial charge in [0.05, 0.1) is 12.5 Å². The van der Waals surface area contributed by atoms with Gasteiger partial charge in [-0.2, -0.15) is 0 Å². The molecule has 1 amide bonds. The summed E-state index contributed by atoms with van der Waals surface area (Å²) in [4.78, 5) is 33.8. The molecule has 0 fully saturated rings. The number of rotatable bonds is 5. The number of nitrogens with zero attached hydrogens (tertiary/aromatic N) is 2. The van der Waals surface area contributed by atoms with Crippen LogP contribution in [0.3, 0.4) is 0 Å². The van der Waals surface area contributed by atoms with Crippen molar-refractivity contribution in [3.8, 4) is 11.5 Å². The van der Waals surface area contributed by atoms with Crippen molar-refractivity contribution in [2.75, 3.05) is 5.32 Å². The van der Waals surface area contributed by atoms with E-state index in [0.29, 0.717) is 16.3 Å². The van der Waals surface area contributed by atoms with Crippen LogP contribution >= 0.6 is 11.3 Å². The summed E-state index contributed by atoms with van der Waals surface area (Å²) < 4.78 is 10.4. The van der Waals surface area contributed by atoms with Crippen LogP contribution in [0.2, 0.25) is 0 Å². The molecule has 0 saturated heterocycles. The average molecular weight is 365 g/mol. The number of pyridine rings is 1. The molecule has 0 bridgehead atoms. The van der Waals surface area contributed by atoms with E-state index in [0.717, 1.165) is 11.3 Å². The quantitative estimate of drug-likeness (QED) is 0.539. The molecule has 0 saturated carbocycles. The van der Waals surface area contributed by atoms with E-state index in [1.807, 2.05) is 0 Å². The number of ketones is 1. The first-order valence-electron chi connectivity index (χ1n) is 7.57. The highest BCUT2D eigenvalue weighted by Crippen LogP contribution is 2.33. The van der Waals surface area contributed by atoms with E-state index in [1.54, 1.807) is 42.6 Å². The van der Waals surface area contributed by atoms with Crippen molar-refractivity contribution in [3.05, 3.63) is 77.5 Å². The maximum atomic E-state index is 12.8. The average Bonchev–Trinajstić information content (AvgIpc) is 3.42. The van der Waals surface area contributed by atoms with Gasteiger partial charge in [0.15, 0.2) is 16.7 Å². The molecule has 7 nitrogen and oxygen atoms in total. The Morgan fingerprint density at radius 1 is 1.00 bits per heavy atom. The number of aromatic nitrogens is 2. The number of hydrogen-bond acceptors (Lipinski definition) is 7. The van der Waals surface area contributed by atoms with Crippen LogP contribution in [-0.4, -0.2) is 21.7 Å². The molecule has 0 aromatic carbocycles. The van der Waals surface area contributed by atoms with E-state index in [4.69, 9.17) is 8.83 Å². The van der Waals surface area contributed by atoms with Crippen LogP contribution in [0.25, 0.3) is 11.5 Å². The lowest BCUT2D eigenvalue weighted by Gasteiger charge is -1.98. The van der Waals surface area contributed by atoms with Crippen molar-refractivity contribution < 1.29 is 18.4 Å². The number of thiazole rings is 1. The molecule has 0 radical (unpaired) electrons. The highest BCUT2D eigenvalue weighted by Gasteiger charge is 2.24. The highest BCUT2D eigenvalue weighted by atomic mass is 32.1.